The second-order valence-electron chi connectivity index (χ2n) is 3.83. The Balaban J connectivity index is 2.19. The Labute approximate surface area is 108 Å². The van der Waals surface area contributed by atoms with Gasteiger partial charge in [-0.15, -0.1) is 11.3 Å². The summed E-state index contributed by atoms with van der Waals surface area (Å²) < 4.78 is 31.4. The van der Waals surface area contributed by atoms with Crippen molar-refractivity contribution in [1.82, 2.24) is 9.71 Å². The van der Waals surface area contributed by atoms with Gasteiger partial charge in [-0.25, -0.2) is 22.9 Å². The zero-order valence-corrected chi connectivity index (χ0v) is 11.0. The minimum atomic E-state index is -3.85. The lowest BCUT2D eigenvalue weighted by molar-refractivity contribution is 0.0687. The van der Waals surface area contributed by atoms with E-state index in [9.17, 15) is 13.2 Å². The Bertz CT molecular complexity index is 533. The Morgan fingerprint density at radius 1 is 1.61 bits per heavy atom. The molecule has 0 radical (unpaired) electrons. The highest BCUT2D eigenvalue weighted by Gasteiger charge is 2.28. The number of nitrogens with zero attached hydrogens (tertiary/aromatic N) is 1. The van der Waals surface area contributed by atoms with Gasteiger partial charge < -0.3 is 9.84 Å². The first kappa shape index (κ1) is 13.4. The third kappa shape index (κ3) is 2.86. The van der Waals surface area contributed by atoms with Crippen LogP contribution in [0.25, 0.3) is 0 Å². The Morgan fingerprint density at radius 2 is 2.39 bits per heavy atom. The van der Waals surface area contributed by atoms with Crippen LogP contribution < -0.4 is 4.72 Å². The van der Waals surface area contributed by atoms with E-state index in [1.165, 1.54) is 5.51 Å². The van der Waals surface area contributed by atoms with Gasteiger partial charge >= 0.3 is 5.97 Å². The van der Waals surface area contributed by atoms with Gasteiger partial charge in [0.2, 0.25) is 0 Å². The molecule has 1 fully saturated rings. The average molecular weight is 292 g/mol. The molecule has 9 heteroatoms. The number of hydrogen-bond donors (Lipinski definition) is 2. The monoisotopic (exact) mass is 292 g/mol. The van der Waals surface area contributed by atoms with E-state index in [1.807, 2.05) is 0 Å². The molecule has 7 nitrogen and oxygen atoms in total. The SMILES string of the molecule is O=C(O)c1ncsc1S(=O)(=O)NC1CCCOC1. The summed E-state index contributed by atoms with van der Waals surface area (Å²) in [5.41, 5.74) is 0.763. The van der Waals surface area contributed by atoms with E-state index in [0.29, 0.717) is 19.6 Å². The van der Waals surface area contributed by atoms with Gasteiger partial charge in [0, 0.05) is 12.6 Å². The Kier molecular flexibility index (Phi) is 3.95. The van der Waals surface area contributed by atoms with Crippen LogP contribution in [0.15, 0.2) is 9.72 Å². The van der Waals surface area contributed by atoms with E-state index in [1.54, 1.807) is 0 Å². The maximum Gasteiger partial charge on any atom is 0.356 e. The molecular weight excluding hydrogens is 280 g/mol. The van der Waals surface area contributed by atoms with Crippen molar-refractivity contribution >= 4 is 27.3 Å². The molecule has 1 aromatic heterocycles. The quantitative estimate of drug-likeness (QED) is 0.826. The maximum atomic E-state index is 12.0. The van der Waals surface area contributed by atoms with Gasteiger partial charge in [0.25, 0.3) is 10.0 Å². The van der Waals surface area contributed by atoms with E-state index in [0.717, 1.165) is 17.8 Å². The van der Waals surface area contributed by atoms with Gasteiger partial charge in [-0.05, 0) is 12.8 Å². The molecule has 2 N–H and O–H groups in total. The summed E-state index contributed by atoms with van der Waals surface area (Å²) in [6.07, 6.45) is 1.46. The molecular formula is C9H12N2O5S2. The predicted octanol–water partition coefficient (Wildman–Crippen LogP) is 0.299. The Hall–Kier alpha value is -1.03. The summed E-state index contributed by atoms with van der Waals surface area (Å²) in [6, 6.07) is -0.313. The van der Waals surface area contributed by atoms with E-state index >= 15 is 0 Å². The number of carboxylic acids is 1. The van der Waals surface area contributed by atoms with Crippen molar-refractivity contribution in [1.29, 1.82) is 0 Å². The average Bonchev–Trinajstić information content (AvgIpc) is 2.79. The molecule has 100 valence electrons. The highest BCUT2D eigenvalue weighted by molar-refractivity contribution is 7.91. The number of thiazole rings is 1. The minimum absolute atomic E-state index is 0.263. The molecule has 1 aliphatic rings. The van der Waals surface area contributed by atoms with E-state index in [-0.39, 0.29) is 10.3 Å². The summed E-state index contributed by atoms with van der Waals surface area (Å²) >= 11 is 0.790. The lowest BCUT2D eigenvalue weighted by Crippen LogP contribution is -2.40. The number of aromatic carboxylic acids is 1. The lowest BCUT2D eigenvalue weighted by atomic mass is 10.1. The zero-order valence-electron chi connectivity index (χ0n) is 9.33. The van der Waals surface area contributed by atoms with Gasteiger partial charge in [-0.3, -0.25) is 0 Å². The topological polar surface area (TPSA) is 106 Å². The normalized spacial score (nSPS) is 20.8. The van der Waals surface area contributed by atoms with Gasteiger partial charge in [-0.1, -0.05) is 0 Å². The third-order valence-electron chi connectivity index (χ3n) is 2.46. The smallest absolute Gasteiger partial charge is 0.356 e. The molecule has 2 heterocycles. The fraction of sp³-hybridized carbons (Fsp3) is 0.556. The molecule has 0 amide bonds. The second-order valence-corrected chi connectivity index (χ2v) is 6.59. The van der Waals surface area contributed by atoms with Crippen LogP contribution in [0.5, 0.6) is 0 Å². The number of sulfonamides is 1. The van der Waals surface area contributed by atoms with Crippen LogP contribution in [0.3, 0.4) is 0 Å². The van der Waals surface area contributed by atoms with Gasteiger partial charge in [0.15, 0.2) is 9.90 Å². The molecule has 0 aliphatic carbocycles. The number of hydrogen-bond acceptors (Lipinski definition) is 6. The van der Waals surface area contributed by atoms with Crippen molar-refractivity contribution in [2.24, 2.45) is 0 Å². The lowest BCUT2D eigenvalue weighted by Gasteiger charge is -2.22. The molecule has 0 bridgehead atoms. The van der Waals surface area contributed by atoms with Crippen molar-refractivity contribution in [3.05, 3.63) is 11.2 Å². The molecule has 0 saturated carbocycles. The predicted molar refractivity (Wildman–Crippen MR) is 63.2 cm³/mol. The molecule has 1 unspecified atom stereocenters. The number of rotatable bonds is 4. The van der Waals surface area contributed by atoms with Gasteiger partial charge in [0.05, 0.1) is 12.1 Å². The summed E-state index contributed by atoms with van der Waals surface area (Å²) in [5.74, 6) is -1.35. The maximum absolute atomic E-state index is 12.0. The van der Waals surface area contributed by atoms with Crippen LogP contribution >= 0.6 is 11.3 Å². The standard InChI is InChI=1S/C9H12N2O5S2/c12-8(13)7-9(17-5-10-7)18(14,15)11-6-2-1-3-16-4-6/h5-6,11H,1-4H2,(H,12,13). The van der Waals surface area contributed by atoms with Crippen LogP contribution in [-0.2, 0) is 14.8 Å². The van der Waals surface area contributed by atoms with Crippen LogP contribution in [0.2, 0.25) is 0 Å². The minimum Gasteiger partial charge on any atom is -0.476 e. The van der Waals surface area contributed by atoms with Gasteiger partial charge in [0.1, 0.15) is 0 Å². The van der Waals surface area contributed by atoms with E-state index in [4.69, 9.17) is 9.84 Å². The van der Waals surface area contributed by atoms with E-state index < -0.39 is 21.7 Å². The van der Waals surface area contributed by atoms with Crippen LogP contribution in [-0.4, -0.2) is 43.7 Å². The molecule has 0 spiro atoms. The summed E-state index contributed by atoms with van der Waals surface area (Å²) in [4.78, 5) is 14.4. The Morgan fingerprint density at radius 3 is 3.00 bits per heavy atom. The highest BCUT2D eigenvalue weighted by Crippen LogP contribution is 2.21. The molecule has 1 aliphatic heterocycles. The van der Waals surface area contributed by atoms with Gasteiger partial charge in [-0.2, -0.15) is 0 Å². The van der Waals surface area contributed by atoms with Crippen LogP contribution in [0, 0.1) is 0 Å². The fourth-order valence-electron chi connectivity index (χ4n) is 1.68. The summed E-state index contributed by atoms with van der Waals surface area (Å²) in [6.45, 7) is 0.930. The first-order valence-corrected chi connectivity index (χ1v) is 7.64. The summed E-state index contributed by atoms with van der Waals surface area (Å²) in [5, 5.41) is 8.85. The molecule has 1 saturated heterocycles. The molecule has 0 aromatic carbocycles. The summed E-state index contributed by atoms with van der Waals surface area (Å²) in [7, 11) is -3.85. The third-order valence-corrected chi connectivity index (χ3v) is 5.35. The molecule has 18 heavy (non-hydrogen) atoms. The highest BCUT2D eigenvalue weighted by atomic mass is 32.2. The van der Waals surface area contributed by atoms with Crippen molar-refractivity contribution in [3.8, 4) is 0 Å². The number of nitrogens with one attached hydrogen (secondary N) is 1. The number of ether oxygens (including phenoxy) is 1. The number of carbonyl (C=O) groups is 1. The number of carboxylic acid groups (broad SMARTS) is 1. The zero-order chi connectivity index (χ0) is 13.2. The number of aromatic nitrogens is 1. The molecule has 1 aromatic rings. The molecule has 2 rings (SSSR count). The van der Waals surface area contributed by atoms with Crippen LogP contribution in [0.1, 0.15) is 23.3 Å². The van der Waals surface area contributed by atoms with Crippen molar-refractivity contribution in [2.75, 3.05) is 13.2 Å². The van der Waals surface area contributed by atoms with E-state index in [2.05, 4.69) is 9.71 Å². The fourth-order valence-corrected chi connectivity index (χ4v) is 4.09. The van der Waals surface area contributed by atoms with Crippen molar-refractivity contribution < 1.29 is 23.1 Å². The first-order valence-electron chi connectivity index (χ1n) is 5.27. The largest absolute Gasteiger partial charge is 0.476 e. The molecule has 1 atom stereocenters. The van der Waals surface area contributed by atoms with Crippen LogP contribution in [0.4, 0.5) is 0 Å². The second kappa shape index (κ2) is 5.31. The van der Waals surface area contributed by atoms with Crippen molar-refractivity contribution in [3.63, 3.8) is 0 Å². The first-order chi connectivity index (χ1) is 8.50. The van der Waals surface area contributed by atoms with Crippen molar-refractivity contribution in [2.45, 2.75) is 23.1 Å².